The monoisotopic (exact) mass is 299 g/mol. The van der Waals surface area contributed by atoms with E-state index in [2.05, 4.69) is 15.3 Å². The van der Waals surface area contributed by atoms with Crippen LogP contribution in [0.3, 0.4) is 0 Å². The van der Waals surface area contributed by atoms with Gasteiger partial charge in [-0.3, -0.25) is 4.79 Å². The molecule has 0 spiro atoms. The molecular weight excluding hydrogens is 278 g/mol. The molecule has 0 unspecified atom stereocenters. The van der Waals surface area contributed by atoms with Crippen LogP contribution in [-0.2, 0) is 11.4 Å². The van der Waals surface area contributed by atoms with Crippen LogP contribution in [0.2, 0.25) is 0 Å². The van der Waals surface area contributed by atoms with Crippen LogP contribution in [0.25, 0.3) is 11.3 Å². The van der Waals surface area contributed by atoms with Gasteiger partial charge >= 0.3 is 0 Å². The quantitative estimate of drug-likeness (QED) is 0.890. The molecule has 22 heavy (non-hydrogen) atoms. The number of carbonyl (C=O) groups excluding carboxylic acids is 1. The molecule has 0 fully saturated rings. The third-order valence-corrected chi connectivity index (χ3v) is 3.23. The summed E-state index contributed by atoms with van der Waals surface area (Å²) in [6.07, 6.45) is 2.11. The zero-order chi connectivity index (χ0) is 16.1. The number of aromatic nitrogens is 2. The van der Waals surface area contributed by atoms with E-state index in [0.717, 1.165) is 16.8 Å². The van der Waals surface area contributed by atoms with Crippen LogP contribution in [0.1, 0.15) is 31.5 Å². The van der Waals surface area contributed by atoms with Crippen molar-refractivity contribution in [2.24, 2.45) is 5.92 Å². The lowest BCUT2D eigenvalue weighted by molar-refractivity contribution is -0.116. The maximum Gasteiger partial charge on any atom is 0.225 e. The number of anilines is 1. The molecule has 0 bridgehead atoms. The molecule has 5 nitrogen and oxygen atoms in total. The van der Waals surface area contributed by atoms with Crippen LogP contribution in [-0.4, -0.2) is 21.0 Å². The van der Waals surface area contributed by atoms with Crippen molar-refractivity contribution in [2.75, 3.05) is 5.32 Å². The number of aliphatic hydroxyl groups excluding tert-OH is 1. The molecule has 5 heteroatoms. The molecule has 0 aliphatic carbocycles. The van der Waals surface area contributed by atoms with E-state index in [1.165, 1.54) is 0 Å². The fraction of sp³-hybridized carbons (Fsp3) is 0.353. The number of amides is 1. The van der Waals surface area contributed by atoms with E-state index in [0.29, 0.717) is 23.9 Å². The Morgan fingerprint density at radius 2 is 1.95 bits per heavy atom. The summed E-state index contributed by atoms with van der Waals surface area (Å²) in [6, 6.07) is 7.49. The van der Waals surface area contributed by atoms with Crippen LogP contribution in [0, 0.1) is 12.8 Å². The smallest absolute Gasteiger partial charge is 0.225 e. The van der Waals surface area contributed by atoms with Crippen LogP contribution >= 0.6 is 0 Å². The predicted octanol–water partition coefficient (Wildman–Crippen LogP) is 2.93. The van der Waals surface area contributed by atoms with Gasteiger partial charge in [0.25, 0.3) is 0 Å². The summed E-state index contributed by atoms with van der Waals surface area (Å²) in [5.74, 6) is 0.756. The normalized spacial score (nSPS) is 10.8. The Morgan fingerprint density at radius 1 is 1.27 bits per heavy atom. The fourth-order valence-electron chi connectivity index (χ4n) is 2.08. The van der Waals surface area contributed by atoms with E-state index in [-0.39, 0.29) is 12.5 Å². The van der Waals surface area contributed by atoms with Gasteiger partial charge in [-0.05, 0) is 18.4 Å². The van der Waals surface area contributed by atoms with Gasteiger partial charge in [-0.25, -0.2) is 9.97 Å². The average Bonchev–Trinajstić information content (AvgIpc) is 2.48. The van der Waals surface area contributed by atoms with Gasteiger partial charge in [-0.15, -0.1) is 0 Å². The van der Waals surface area contributed by atoms with Crippen molar-refractivity contribution in [1.82, 2.24) is 9.97 Å². The molecule has 0 aliphatic rings. The number of hydrogen-bond acceptors (Lipinski definition) is 4. The van der Waals surface area contributed by atoms with Gasteiger partial charge in [0.15, 0.2) is 5.82 Å². The van der Waals surface area contributed by atoms with Crippen molar-refractivity contribution in [2.45, 2.75) is 33.8 Å². The third kappa shape index (κ3) is 4.11. The highest BCUT2D eigenvalue weighted by Gasteiger charge is 2.10. The molecule has 116 valence electrons. The molecule has 0 radical (unpaired) electrons. The summed E-state index contributed by atoms with van der Waals surface area (Å²) in [5.41, 5.74) is 3.20. The van der Waals surface area contributed by atoms with E-state index >= 15 is 0 Å². The van der Waals surface area contributed by atoms with Crippen LogP contribution in [0.15, 0.2) is 30.5 Å². The molecule has 1 heterocycles. The SMILES string of the molecule is Cc1nc(-c2ccc(CO)cc2)cnc1NC(=O)CC(C)C. The second kappa shape index (κ2) is 7.13. The number of nitrogens with one attached hydrogen (secondary N) is 1. The first-order valence-electron chi connectivity index (χ1n) is 7.33. The Bertz CT molecular complexity index is 651. The van der Waals surface area contributed by atoms with Crippen LogP contribution < -0.4 is 5.32 Å². The summed E-state index contributed by atoms with van der Waals surface area (Å²) in [6.45, 7) is 5.84. The topological polar surface area (TPSA) is 75.1 Å². The van der Waals surface area contributed by atoms with Gasteiger partial charge in [-0.2, -0.15) is 0 Å². The molecule has 2 rings (SSSR count). The number of rotatable bonds is 5. The van der Waals surface area contributed by atoms with Gasteiger partial charge in [0.05, 0.1) is 24.2 Å². The summed E-state index contributed by atoms with van der Waals surface area (Å²) in [5, 5.41) is 11.9. The number of aliphatic hydroxyl groups is 1. The average molecular weight is 299 g/mol. The maximum atomic E-state index is 11.8. The van der Waals surface area contributed by atoms with Gasteiger partial charge in [0.1, 0.15) is 0 Å². The van der Waals surface area contributed by atoms with Crippen molar-refractivity contribution in [3.05, 3.63) is 41.7 Å². The number of carbonyl (C=O) groups is 1. The number of nitrogens with zero attached hydrogens (tertiary/aromatic N) is 2. The molecule has 0 atom stereocenters. The minimum absolute atomic E-state index is 0.0196. The predicted molar refractivity (Wildman–Crippen MR) is 86.2 cm³/mol. The molecule has 1 amide bonds. The first-order chi connectivity index (χ1) is 10.5. The van der Waals surface area contributed by atoms with Crippen molar-refractivity contribution >= 4 is 11.7 Å². The van der Waals surface area contributed by atoms with E-state index in [4.69, 9.17) is 5.11 Å². The summed E-state index contributed by atoms with van der Waals surface area (Å²) in [7, 11) is 0. The lowest BCUT2D eigenvalue weighted by Crippen LogP contribution is -2.16. The molecule has 0 aliphatic heterocycles. The molecule has 0 saturated heterocycles. The summed E-state index contributed by atoms with van der Waals surface area (Å²) in [4.78, 5) is 20.6. The number of benzene rings is 1. The highest BCUT2D eigenvalue weighted by atomic mass is 16.3. The van der Waals surface area contributed by atoms with Gasteiger partial charge in [-0.1, -0.05) is 38.1 Å². The molecule has 2 N–H and O–H groups in total. The maximum absolute atomic E-state index is 11.8. The first kappa shape index (κ1) is 16.1. The lowest BCUT2D eigenvalue weighted by atomic mass is 10.1. The van der Waals surface area contributed by atoms with E-state index in [1.807, 2.05) is 45.0 Å². The number of hydrogen-bond donors (Lipinski definition) is 2. The van der Waals surface area contributed by atoms with Gasteiger partial charge < -0.3 is 10.4 Å². The number of aryl methyl sites for hydroxylation is 1. The zero-order valence-electron chi connectivity index (χ0n) is 13.1. The van der Waals surface area contributed by atoms with E-state index in [1.54, 1.807) is 6.20 Å². The van der Waals surface area contributed by atoms with Crippen LogP contribution in [0.4, 0.5) is 5.82 Å². The van der Waals surface area contributed by atoms with Gasteiger partial charge in [0.2, 0.25) is 5.91 Å². The highest BCUT2D eigenvalue weighted by Crippen LogP contribution is 2.20. The molecule has 0 saturated carbocycles. The van der Waals surface area contributed by atoms with Crippen molar-refractivity contribution in [3.8, 4) is 11.3 Å². The Labute approximate surface area is 130 Å². The Morgan fingerprint density at radius 3 is 2.50 bits per heavy atom. The Hall–Kier alpha value is -2.27. The van der Waals surface area contributed by atoms with Crippen molar-refractivity contribution < 1.29 is 9.90 Å². The molecule has 2 aromatic rings. The Kier molecular flexibility index (Phi) is 5.22. The lowest BCUT2D eigenvalue weighted by Gasteiger charge is -2.10. The van der Waals surface area contributed by atoms with E-state index in [9.17, 15) is 4.79 Å². The van der Waals surface area contributed by atoms with Crippen LogP contribution in [0.5, 0.6) is 0 Å². The molecular formula is C17H21N3O2. The van der Waals surface area contributed by atoms with Crippen molar-refractivity contribution in [3.63, 3.8) is 0 Å². The minimum Gasteiger partial charge on any atom is -0.392 e. The zero-order valence-corrected chi connectivity index (χ0v) is 13.1. The minimum atomic E-state index is -0.0487. The van der Waals surface area contributed by atoms with Crippen molar-refractivity contribution in [1.29, 1.82) is 0 Å². The second-order valence-electron chi connectivity index (χ2n) is 5.69. The standard InChI is InChI=1S/C17H21N3O2/c1-11(2)8-16(22)20-17-12(3)19-15(9-18-17)14-6-4-13(10-21)5-7-14/h4-7,9,11,21H,8,10H2,1-3H3,(H,18,20,22). The molecule has 1 aromatic carbocycles. The molecule has 1 aromatic heterocycles. The third-order valence-electron chi connectivity index (χ3n) is 3.23. The highest BCUT2D eigenvalue weighted by molar-refractivity contribution is 5.90. The second-order valence-corrected chi connectivity index (χ2v) is 5.69. The summed E-state index contributed by atoms with van der Waals surface area (Å²) >= 11 is 0. The Balaban J connectivity index is 2.16. The largest absolute Gasteiger partial charge is 0.392 e. The summed E-state index contributed by atoms with van der Waals surface area (Å²) < 4.78 is 0. The first-order valence-corrected chi connectivity index (χ1v) is 7.33. The van der Waals surface area contributed by atoms with Gasteiger partial charge in [0, 0.05) is 12.0 Å². The van der Waals surface area contributed by atoms with E-state index < -0.39 is 0 Å². The fourth-order valence-corrected chi connectivity index (χ4v) is 2.08.